The normalized spacial score (nSPS) is 22.4. The molecule has 0 radical (unpaired) electrons. The lowest BCUT2D eigenvalue weighted by molar-refractivity contribution is -0.122. The Morgan fingerprint density at radius 1 is 1.42 bits per heavy atom. The van der Waals surface area contributed by atoms with Gasteiger partial charge in [0.1, 0.15) is 11.6 Å². The summed E-state index contributed by atoms with van der Waals surface area (Å²) in [6, 6.07) is 3.35. The third-order valence-corrected chi connectivity index (χ3v) is 2.98. The van der Waals surface area contributed by atoms with Gasteiger partial charge in [-0.1, -0.05) is 0 Å². The van der Waals surface area contributed by atoms with Crippen molar-refractivity contribution in [1.82, 2.24) is 5.32 Å². The van der Waals surface area contributed by atoms with Crippen LogP contribution in [0.3, 0.4) is 0 Å². The van der Waals surface area contributed by atoms with Crippen molar-refractivity contribution in [3.63, 3.8) is 0 Å². The van der Waals surface area contributed by atoms with E-state index < -0.39 is 11.6 Å². The highest BCUT2D eigenvalue weighted by molar-refractivity contribution is 5.17. The smallest absolute Gasteiger partial charge is 0.128 e. The summed E-state index contributed by atoms with van der Waals surface area (Å²) < 4.78 is 37.6. The van der Waals surface area contributed by atoms with E-state index in [-0.39, 0.29) is 23.9 Å². The Balaban J connectivity index is 1.81. The van der Waals surface area contributed by atoms with Gasteiger partial charge in [-0.2, -0.15) is 0 Å². The van der Waals surface area contributed by atoms with Crippen molar-refractivity contribution in [2.24, 2.45) is 0 Å². The van der Waals surface area contributed by atoms with Crippen molar-refractivity contribution >= 4 is 0 Å². The van der Waals surface area contributed by atoms with E-state index in [0.29, 0.717) is 13.2 Å². The number of ether oxygens (including phenoxy) is 2. The molecule has 0 spiro atoms. The molecule has 19 heavy (non-hydrogen) atoms. The SMILES string of the molecule is CC1(C)CNCC(COCc2cc(F)ccc2F)O1. The third kappa shape index (κ3) is 4.23. The van der Waals surface area contributed by atoms with Gasteiger partial charge >= 0.3 is 0 Å². The number of halogens is 2. The number of hydrogen-bond acceptors (Lipinski definition) is 3. The first kappa shape index (κ1) is 14.4. The van der Waals surface area contributed by atoms with Crippen LogP contribution in [-0.2, 0) is 16.1 Å². The summed E-state index contributed by atoms with van der Waals surface area (Å²) in [7, 11) is 0. The molecule has 1 saturated heterocycles. The number of hydrogen-bond donors (Lipinski definition) is 1. The lowest BCUT2D eigenvalue weighted by Gasteiger charge is -2.36. The maximum absolute atomic E-state index is 13.4. The Bertz CT molecular complexity index is 437. The molecule has 1 fully saturated rings. The molecule has 1 N–H and O–H groups in total. The molecule has 0 saturated carbocycles. The zero-order valence-electron chi connectivity index (χ0n) is 11.2. The van der Waals surface area contributed by atoms with Crippen molar-refractivity contribution < 1.29 is 18.3 Å². The van der Waals surface area contributed by atoms with E-state index in [0.717, 1.165) is 24.7 Å². The second-order valence-corrected chi connectivity index (χ2v) is 5.38. The highest BCUT2D eigenvalue weighted by Gasteiger charge is 2.28. The molecular weight excluding hydrogens is 252 g/mol. The van der Waals surface area contributed by atoms with Crippen LogP contribution in [0.4, 0.5) is 8.78 Å². The van der Waals surface area contributed by atoms with Gasteiger partial charge < -0.3 is 14.8 Å². The highest BCUT2D eigenvalue weighted by atomic mass is 19.1. The van der Waals surface area contributed by atoms with E-state index in [9.17, 15) is 8.78 Å². The van der Waals surface area contributed by atoms with E-state index in [1.807, 2.05) is 13.8 Å². The van der Waals surface area contributed by atoms with Gasteiger partial charge in [-0.25, -0.2) is 8.78 Å². The first-order valence-electron chi connectivity index (χ1n) is 6.36. The maximum Gasteiger partial charge on any atom is 0.128 e. The molecule has 3 nitrogen and oxygen atoms in total. The van der Waals surface area contributed by atoms with E-state index in [1.165, 1.54) is 0 Å². The Morgan fingerprint density at radius 2 is 2.21 bits per heavy atom. The predicted octanol–water partition coefficient (Wildman–Crippen LogP) is 2.25. The molecule has 2 rings (SSSR count). The van der Waals surface area contributed by atoms with Gasteiger partial charge in [0.2, 0.25) is 0 Å². The average molecular weight is 271 g/mol. The molecule has 0 aromatic heterocycles. The summed E-state index contributed by atoms with van der Waals surface area (Å²) in [5.74, 6) is -0.916. The minimum atomic E-state index is -0.461. The average Bonchev–Trinajstić information content (AvgIpc) is 2.32. The minimum Gasteiger partial charge on any atom is -0.374 e. The van der Waals surface area contributed by atoms with Gasteiger partial charge in [-0.3, -0.25) is 0 Å². The second kappa shape index (κ2) is 5.94. The van der Waals surface area contributed by atoms with Crippen LogP contribution in [0.25, 0.3) is 0 Å². The molecular formula is C14H19F2NO2. The maximum atomic E-state index is 13.4. The monoisotopic (exact) mass is 271 g/mol. The van der Waals surface area contributed by atoms with E-state index >= 15 is 0 Å². The number of benzene rings is 1. The Labute approximate surface area is 111 Å². The lowest BCUT2D eigenvalue weighted by Crippen LogP contribution is -2.51. The van der Waals surface area contributed by atoms with Gasteiger partial charge in [-0.05, 0) is 32.0 Å². The molecule has 0 aliphatic carbocycles. The van der Waals surface area contributed by atoms with Gasteiger partial charge in [0.25, 0.3) is 0 Å². The summed E-state index contributed by atoms with van der Waals surface area (Å²) in [6.45, 7) is 5.89. The topological polar surface area (TPSA) is 30.5 Å². The second-order valence-electron chi connectivity index (χ2n) is 5.38. The van der Waals surface area contributed by atoms with Crippen molar-refractivity contribution in [3.05, 3.63) is 35.4 Å². The molecule has 0 bridgehead atoms. The van der Waals surface area contributed by atoms with Crippen molar-refractivity contribution in [2.75, 3.05) is 19.7 Å². The van der Waals surface area contributed by atoms with Crippen LogP contribution in [0.2, 0.25) is 0 Å². The van der Waals surface area contributed by atoms with Crippen molar-refractivity contribution in [1.29, 1.82) is 0 Å². The summed E-state index contributed by atoms with van der Waals surface area (Å²) in [6.07, 6.45) is -0.0691. The zero-order valence-corrected chi connectivity index (χ0v) is 11.2. The fraction of sp³-hybridized carbons (Fsp3) is 0.571. The summed E-state index contributed by atoms with van der Waals surface area (Å²) in [5.41, 5.74) is -0.000785. The number of morpholine rings is 1. The summed E-state index contributed by atoms with van der Waals surface area (Å²) in [5, 5.41) is 3.26. The van der Waals surface area contributed by atoms with E-state index in [2.05, 4.69) is 5.32 Å². The molecule has 1 aliphatic heterocycles. The zero-order chi connectivity index (χ0) is 13.9. The van der Waals surface area contributed by atoms with Crippen LogP contribution in [-0.4, -0.2) is 31.4 Å². The van der Waals surface area contributed by atoms with Crippen LogP contribution in [0.1, 0.15) is 19.4 Å². The highest BCUT2D eigenvalue weighted by Crippen LogP contribution is 2.16. The quantitative estimate of drug-likeness (QED) is 0.911. The lowest BCUT2D eigenvalue weighted by atomic mass is 10.1. The Hall–Kier alpha value is -1.04. The van der Waals surface area contributed by atoms with Crippen LogP contribution in [0.15, 0.2) is 18.2 Å². The van der Waals surface area contributed by atoms with Gasteiger partial charge in [0.15, 0.2) is 0 Å². The fourth-order valence-electron chi connectivity index (χ4n) is 2.12. The van der Waals surface area contributed by atoms with E-state index in [1.54, 1.807) is 0 Å². The predicted molar refractivity (Wildman–Crippen MR) is 67.8 cm³/mol. The van der Waals surface area contributed by atoms with E-state index in [4.69, 9.17) is 9.47 Å². The van der Waals surface area contributed by atoms with Crippen LogP contribution >= 0.6 is 0 Å². The number of nitrogens with one attached hydrogen (secondary N) is 1. The van der Waals surface area contributed by atoms with Crippen LogP contribution < -0.4 is 5.32 Å². The summed E-state index contributed by atoms with van der Waals surface area (Å²) >= 11 is 0. The number of rotatable bonds is 4. The minimum absolute atomic E-state index is 0.0455. The molecule has 1 unspecified atom stereocenters. The molecule has 5 heteroatoms. The summed E-state index contributed by atoms with van der Waals surface area (Å²) in [4.78, 5) is 0. The third-order valence-electron chi connectivity index (χ3n) is 2.98. The molecule has 106 valence electrons. The van der Waals surface area contributed by atoms with Gasteiger partial charge in [0, 0.05) is 18.7 Å². The molecule has 1 aromatic carbocycles. The Kier molecular flexibility index (Phi) is 4.50. The standard InChI is InChI=1S/C14H19F2NO2/c1-14(2)9-17-6-12(19-14)8-18-7-10-5-11(15)3-4-13(10)16/h3-5,12,17H,6-9H2,1-2H3. The first-order valence-corrected chi connectivity index (χ1v) is 6.36. The molecule has 0 amide bonds. The molecule has 1 atom stereocenters. The Morgan fingerprint density at radius 3 is 2.95 bits per heavy atom. The molecule has 1 heterocycles. The van der Waals surface area contributed by atoms with Crippen molar-refractivity contribution in [2.45, 2.75) is 32.2 Å². The van der Waals surface area contributed by atoms with Gasteiger partial charge in [-0.15, -0.1) is 0 Å². The van der Waals surface area contributed by atoms with Gasteiger partial charge in [0.05, 0.1) is 24.9 Å². The van der Waals surface area contributed by atoms with Crippen LogP contribution in [0.5, 0.6) is 0 Å². The van der Waals surface area contributed by atoms with Crippen LogP contribution in [0, 0.1) is 11.6 Å². The van der Waals surface area contributed by atoms with Crippen molar-refractivity contribution in [3.8, 4) is 0 Å². The molecule has 1 aromatic rings. The fourth-order valence-corrected chi connectivity index (χ4v) is 2.12. The largest absolute Gasteiger partial charge is 0.374 e. The first-order chi connectivity index (χ1) is 8.96. The molecule has 1 aliphatic rings.